The van der Waals surface area contributed by atoms with Gasteiger partial charge in [0.2, 0.25) is 11.7 Å². The van der Waals surface area contributed by atoms with Crippen molar-refractivity contribution >= 4 is 34.3 Å². The van der Waals surface area contributed by atoms with E-state index in [1.54, 1.807) is 4.57 Å². The van der Waals surface area contributed by atoms with Crippen LogP contribution in [0, 0.1) is 5.92 Å². The molecule has 1 amide bonds. The maximum Gasteiger partial charge on any atom is 0.262 e. The van der Waals surface area contributed by atoms with Gasteiger partial charge in [0.15, 0.2) is 5.16 Å². The minimum atomic E-state index is -0.0585. The molecule has 0 aliphatic heterocycles. The van der Waals surface area contributed by atoms with Crippen molar-refractivity contribution in [2.24, 2.45) is 5.92 Å². The number of nitrogens with zero attached hydrogens (tertiary/aromatic N) is 4. The number of carbonyl (C=O) groups excluding carboxylic acids is 1. The molecule has 0 fully saturated rings. The quantitative estimate of drug-likeness (QED) is 0.326. The van der Waals surface area contributed by atoms with E-state index < -0.39 is 0 Å². The zero-order chi connectivity index (χ0) is 24.9. The van der Waals surface area contributed by atoms with Gasteiger partial charge in [-0.2, -0.15) is 0 Å². The van der Waals surface area contributed by atoms with E-state index >= 15 is 0 Å². The third kappa shape index (κ3) is 5.75. The van der Waals surface area contributed by atoms with Crippen molar-refractivity contribution in [2.75, 3.05) is 12.3 Å². The van der Waals surface area contributed by atoms with Crippen molar-refractivity contribution < 1.29 is 4.79 Å². The minimum absolute atomic E-state index is 0.0528. The molecule has 0 bridgehead atoms. The van der Waals surface area contributed by atoms with E-state index in [0.29, 0.717) is 41.2 Å². The molecule has 8 heteroatoms. The van der Waals surface area contributed by atoms with E-state index in [-0.39, 0.29) is 17.2 Å². The van der Waals surface area contributed by atoms with Gasteiger partial charge in [-0.3, -0.25) is 18.6 Å². The summed E-state index contributed by atoms with van der Waals surface area (Å²) >= 11 is 1.33. The lowest BCUT2D eigenvalue weighted by molar-refractivity contribution is -0.118. The van der Waals surface area contributed by atoms with Crippen molar-refractivity contribution in [1.82, 2.24) is 24.5 Å². The van der Waals surface area contributed by atoms with Gasteiger partial charge in [0, 0.05) is 13.1 Å². The molecule has 0 radical (unpaired) electrons. The molecule has 2 heterocycles. The monoisotopic (exact) mass is 491 g/mol. The summed E-state index contributed by atoms with van der Waals surface area (Å²) in [6.45, 7) is 9.78. The fourth-order valence-corrected chi connectivity index (χ4v) is 4.78. The average Bonchev–Trinajstić information content (AvgIpc) is 3.27. The van der Waals surface area contributed by atoms with E-state index in [2.05, 4.69) is 67.5 Å². The number of benzene rings is 2. The predicted octanol–water partition coefficient (Wildman–Crippen LogP) is 4.66. The highest BCUT2D eigenvalue weighted by atomic mass is 32.2. The van der Waals surface area contributed by atoms with E-state index in [1.807, 2.05) is 28.7 Å². The Morgan fingerprint density at radius 1 is 1.03 bits per heavy atom. The molecule has 0 saturated heterocycles. The Morgan fingerprint density at radius 3 is 2.49 bits per heavy atom. The second kappa shape index (κ2) is 11.1. The lowest BCUT2D eigenvalue weighted by atomic mass is 10.0. The minimum Gasteiger partial charge on any atom is -0.355 e. The van der Waals surface area contributed by atoms with Crippen LogP contribution in [0.2, 0.25) is 0 Å². The fraction of sp³-hybridized carbons (Fsp3) is 0.407. The van der Waals surface area contributed by atoms with Crippen LogP contribution in [-0.2, 0) is 17.8 Å². The predicted molar refractivity (Wildman–Crippen MR) is 142 cm³/mol. The van der Waals surface area contributed by atoms with Gasteiger partial charge in [0.1, 0.15) is 0 Å². The Labute approximate surface area is 210 Å². The fourth-order valence-electron chi connectivity index (χ4n) is 4.01. The molecule has 0 spiro atoms. The zero-order valence-corrected chi connectivity index (χ0v) is 21.6. The number of hydrogen-bond acceptors (Lipinski definition) is 5. The molecule has 0 aliphatic rings. The Morgan fingerprint density at radius 2 is 1.77 bits per heavy atom. The molecule has 0 unspecified atom stereocenters. The average molecular weight is 492 g/mol. The number of aryl methyl sites for hydroxylation is 1. The molecule has 35 heavy (non-hydrogen) atoms. The summed E-state index contributed by atoms with van der Waals surface area (Å²) in [5.74, 6) is 1.66. The Bertz CT molecular complexity index is 1370. The number of hydrogen-bond donors (Lipinski definition) is 1. The number of thioether (sulfide) groups is 1. The largest absolute Gasteiger partial charge is 0.355 e. The van der Waals surface area contributed by atoms with Crippen LogP contribution in [0.15, 0.2) is 58.5 Å². The van der Waals surface area contributed by atoms with Crippen LogP contribution in [0.5, 0.6) is 0 Å². The third-order valence-electron chi connectivity index (χ3n) is 6.12. The second-order valence-corrected chi connectivity index (χ2v) is 10.5. The number of fused-ring (bicyclic) bond motifs is 3. The molecule has 2 aromatic heterocycles. The van der Waals surface area contributed by atoms with Crippen LogP contribution in [0.3, 0.4) is 0 Å². The summed E-state index contributed by atoms with van der Waals surface area (Å²) in [6, 6.07) is 16.0. The van der Waals surface area contributed by atoms with Gasteiger partial charge in [-0.15, -0.1) is 10.2 Å². The molecular formula is C27H33N5O2S. The summed E-state index contributed by atoms with van der Waals surface area (Å²) in [6.07, 6.45) is 1.65. The maximum atomic E-state index is 13.1. The van der Waals surface area contributed by atoms with Crippen molar-refractivity contribution in [2.45, 2.75) is 58.2 Å². The maximum absolute atomic E-state index is 13.1. The summed E-state index contributed by atoms with van der Waals surface area (Å²) in [5.41, 5.74) is 3.22. The first-order valence-corrected chi connectivity index (χ1v) is 13.2. The summed E-state index contributed by atoms with van der Waals surface area (Å²) < 4.78 is 3.59. The standard InChI is InChI=1S/C27H33N5O2S/c1-18(2)14-16-31-25(34)22-7-5-6-8-23(22)32-26(31)29-30-27(32)35-17-24(33)28-15-13-20-9-11-21(12-10-20)19(3)4/h5-12,18-19H,13-17H2,1-4H3,(H,28,33). The first-order chi connectivity index (χ1) is 16.8. The van der Waals surface area contributed by atoms with Crippen LogP contribution < -0.4 is 10.9 Å². The van der Waals surface area contributed by atoms with Crippen LogP contribution in [0.1, 0.15) is 51.2 Å². The van der Waals surface area contributed by atoms with Crippen LogP contribution in [0.4, 0.5) is 0 Å². The molecule has 1 N–H and O–H groups in total. The lowest BCUT2D eigenvalue weighted by Crippen LogP contribution is -2.27. The number of nitrogens with one attached hydrogen (secondary N) is 1. The van der Waals surface area contributed by atoms with Crippen LogP contribution in [0.25, 0.3) is 16.7 Å². The SMILES string of the molecule is CC(C)CCn1c(=O)c2ccccc2n2c(SCC(=O)NCCc3ccc(C(C)C)cc3)nnc12. The van der Waals surface area contributed by atoms with Crippen molar-refractivity contribution in [3.8, 4) is 0 Å². The highest BCUT2D eigenvalue weighted by Crippen LogP contribution is 2.22. The molecule has 0 aliphatic carbocycles. The van der Waals surface area contributed by atoms with Crippen molar-refractivity contribution in [3.05, 3.63) is 70.0 Å². The van der Waals surface area contributed by atoms with E-state index in [9.17, 15) is 9.59 Å². The molecule has 0 atom stereocenters. The molecule has 184 valence electrons. The highest BCUT2D eigenvalue weighted by Gasteiger charge is 2.17. The molecule has 7 nitrogen and oxygen atoms in total. The number of aromatic nitrogens is 4. The molecule has 2 aromatic carbocycles. The Hall–Kier alpha value is -3.13. The topological polar surface area (TPSA) is 81.3 Å². The second-order valence-electron chi connectivity index (χ2n) is 9.56. The van der Waals surface area contributed by atoms with E-state index in [4.69, 9.17) is 0 Å². The first kappa shape index (κ1) is 25.0. The van der Waals surface area contributed by atoms with Gasteiger partial charge in [-0.05, 0) is 47.9 Å². The van der Waals surface area contributed by atoms with Gasteiger partial charge >= 0.3 is 0 Å². The van der Waals surface area contributed by atoms with Gasteiger partial charge in [0.05, 0.1) is 16.7 Å². The highest BCUT2D eigenvalue weighted by molar-refractivity contribution is 7.99. The number of carbonyl (C=O) groups is 1. The zero-order valence-electron chi connectivity index (χ0n) is 20.8. The molecular weight excluding hydrogens is 458 g/mol. The normalized spacial score (nSPS) is 11.7. The van der Waals surface area contributed by atoms with Gasteiger partial charge in [0.25, 0.3) is 5.56 Å². The number of rotatable bonds is 10. The molecule has 0 saturated carbocycles. The van der Waals surface area contributed by atoms with Crippen molar-refractivity contribution in [1.29, 1.82) is 0 Å². The van der Waals surface area contributed by atoms with Crippen LogP contribution >= 0.6 is 11.8 Å². The first-order valence-electron chi connectivity index (χ1n) is 12.2. The molecule has 4 aromatic rings. The third-order valence-corrected chi connectivity index (χ3v) is 7.05. The smallest absolute Gasteiger partial charge is 0.262 e. The summed E-state index contributed by atoms with van der Waals surface area (Å²) in [7, 11) is 0. The summed E-state index contributed by atoms with van der Waals surface area (Å²) in [4.78, 5) is 25.7. The Balaban J connectivity index is 1.45. The van der Waals surface area contributed by atoms with Crippen molar-refractivity contribution in [3.63, 3.8) is 0 Å². The Kier molecular flexibility index (Phi) is 7.90. The number of amides is 1. The van der Waals surface area contributed by atoms with Gasteiger partial charge < -0.3 is 5.32 Å². The number of para-hydroxylation sites is 1. The van der Waals surface area contributed by atoms with E-state index in [1.165, 1.54) is 22.9 Å². The summed E-state index contributed by atoms with van der Waals surface area (Å²) in [5, 5.41) is 12.9. The van der Waals surface area contributed by atoms with E-state index in [0.717, 1.165) is 18.4 Å². The van der Waals surface area contributed by atoms with Gasteiger partial charge in [-0.25, -0.2) is 0 Å². The molecule has 4 rings (SSSR count). The van der Waals surface area contributed by atoms with Crippen LogP contribution in [-0.4, -0.2) is 37.4 Å². The van der Waals surface area contributed by atoms with Gasteiger partial charge in [-0.1, -0.05) is 75.9 Å². The lowest BCUT2D eigenvalue weighted by Gasteiger charge is -2.12.